The van der Waals surface area contributed by atoms with Gasteiger partial charge in [-0.2, -0.15) is 0 Å². The summed E-state index contributed by atoms with van der Waals surface area (Å²) in [7, 11) is -4.12. The molecule has 1 heterocycles. The van der Waals surface area contributed by atoms with Crippen LogP contribution in [0.25, 0.3) is 0 Å². The van der Waals surface area contributed by atoms with Crippen molar-refractivity contribution in [2.45, 2.75) is 30.8 Å². The Morgan fingerprint density at radius 1 is 1.23 bits per heavy atom. The zero-order valence-electron chi connectivity index (χ0n) is 16.7. The van der Waals surface area contributed by atoms with E-state index in [1.807, 2.05) is 6.92 Å². The van der Waals surface area contributed by atoms with Gasteiger partial charge in [-0.3, -0.25) is 14.4 Å². The SMILES string of the molecule is CCCC(=O)NCC1CN(S(=O)(=O)c2ccc(F)cc2)c2cc(NC(=O)O)ccc2O1. The Balaban J connectivity index is 1.97. The maximum absolute atomic E-state index is 13.3. The summed E-state index contributed by atoms with van der Waals surface area (Å²) in [4.78, 5) is 22.7. The molecule has 31 heavy (non-hydrogen) atoms. The molecule has 0 aliphatic carbocycles. The van der Waals surface area contributed by atoms with Crippen LogP contribution in [0.4, 0.5) is 20.6 Å². The summed E-state index contributed by atoms with van der Waals surface area (Å²) < 4.78 is 46.8. The van der Waals surface area contributed by atoms with Gasteiger partial charge in [-0.25, -0.2) is 17.6 Å². The highest BCUT2D eigenvalue weighted by Gasteiger charge is 2.35. The molecule has 1 atom stereocenters. The van der Waals surface area contributed by atoms with Crippen LogP contribution < -0.4 is 19.7 Å². The quantitative estimate of drug-likeness (QED) is 0.595. The Morgan fingerprint density at radius 2 is 1.94 bits per heavy atom. The van der Waals surface area contributed by atoms with Gasteiger partial charge in [0.05, 0.1) is 23.7 Å². The highest BCUT2D eigenvalue weighted by Crippen LogP contribution is 2.39. The van der Waals surface area contributed by atoms with Gasteiger partial charge in [0, 0.05) is 12.1 Å². The number of carboxylic acid groups (broad SMARTS) is 1. The van der Waals surface area contributed by atoms with Crippen molar-refractivity contribution < 1.29 is 32.2 Å². The summed E-state index contributed by atoms with van der Waals surface area (Å²) in [5, 5.41) is 13.8. The highest BCUT2D eigenvalue weighted by molar-refractivity contribution is 7.92. The number of benzene rings is 2. The first kappa shape index (κ1) is 22.3. The second kappa shape index (κ2) is 9.21. The Kier molecular flexibility index (Phi) is 6.64. The van der Waals surface area contributed by atoms with Gasteiger partial charge < -0.3 is 15.2 Å². The highest BCUT2D eigenvalue weighted by atomic mass is 32.2. The topological polar surface area (TPSA) is 125 Å². The molecule has 0 bridgehead atoms. The van der Waals surface area contributed by atoms with E-state index in [0.29, 0.717) is 12.8 Å². The fraction of sp³-hybridized carbons (Fsp3) is 0.300. The van der Waals surface area contributed by atoms with Crippen molar-refractivity contribution in [3.63, 3.8) is 0 Å². The minimum atomic E-state index is -4.12. The van der Waals surface area contributed by atoms with Crippen LogP contribution in [0.1, 0.15) is 19.8 Å². The molecule has 1 aliphatic heterocycles. The van der Waals surface area contributed by atoms with E-state index >= 15 is 0 Å². The Labute approximate surface area is 178 Å². The summed E-state index contributed by atoms with van der Waals surface area (Å²) in [6.07, 6.45) is -0.974. The number of nitrogens with zero attached hydrogens (tertiary/aromatic N) is 1. The van der Waals surface area contributed by atoms with Crippen LogP contribution in [-0.2, 0) is 14.8 Å². The molecule has 0 saturated heterocycles. The van der Waals surface area contributed by atoms with Crippen molar-refractivity contribution >= 4 is 33.4 Å². The van der Waals surface area contributed by atoms with Crippen LogP contribution in [0.3, 0.4) is 0 Å². The molecule has 3 rings (SSSR count). The molecule has 3 N–H and O–H groups in total. The van der Waals surface area contributed by atoms with E-state index in [0.717, 1.165) is 28.6 Å². The smallest absolute Gasteiger partial charge is 0.409 e. The third-order valence-electron chi connectivity index (χ3n) is 4.55. The maximum Gasteiger partial charge on any atom is 0.409 e. The minimum Gasteiger partial charge on any atom is -0.484 e. The lowest BCUT2D eigenvalue weighted by Crippen LogP contribution is -2.48. The molecule has 166 valence electrons. The van der Waals surface area contributed by atoms with Crippen LogP contribution in [0.5, 0.6) is 5.75 Å². The van der Waals surface area contributed by atoms with Gasteiger partial charge in [0.25, 0.3) is 10.0 Å². The van der Waals surface area contributed by atoms with Crippen molar-refractivity contribution in [2.24, 2.45) is 0 Å². The summed E-state index contributed by atoms with van der Waals surface area (Å²) in [5.74, 6) is -0.542. The molecule has 0 aromatic heterocycles. The average molecular weight is 451 g/mol. The van der Waals surface area contributed by atoms with Crippen LogP contribution in [0.2, 0.25) is 0 Å². The Bertz CT molecular complexity index is 1070. The molecular formula is C20H22FN3O6S. The van der Waals surface area contributed by atoms with E-state index in [1.54, 1.807) is 0 Å². The second-order valence-electron chi connectivity index (χ2n) is 6.90. The van der Waals surface area contributed by atoms with E-state index in [9.17, 15) is 22.4 Å². The van der Waals surface area contributed by atoms with Crippen molar-refractivity contribution in [1.29, 1.82) is 0 Å². The third-order valence-corrected chi connectivity index (χ3v) is 6.34. The first-order valence-electron chi connectivity index (χ1n) is 9.56. The number of ether oxygens (including phenoxy) is 1. The number of carbonyl (C=O) groups is 2. The van der Waals surface area contributed by atoms with E-state index < -0.39 is 28.0 Å². The first-order valence-corrected chi connectivity index (χ1v) is 11.0. The van der Waals surface area contributed by atoms with Gasteiger partial charge in [0.1, 0.15) is 17.7 Å². The number of nitrogens with one attached hydrogen (secondary N) is 2. The maximum atomic E-state index is 13.3. The molecule has 1 unspecified atom stereocenters. The number of carbonyl (C=O) groups excluding carboxylic acids is 1. The standard InChI is InChI=1S/C20H22FN3O6S/c1-2-3-19(25)22-11-15-12-24(31(28,29)16-7-4-13(21)5-8-16)17-10-14(23-20(26)27)6-9-18(17)30-15/h4-10,15,23H,2-3,11-12H2,1H3,(H,22,25)(H,26,27). The van der Waals surface area contributed by atoms with Crippen molar-refractivity contribution in [2.75, 3.05) is 22.7 Å². The number of sulfonamides is 1. The van der Waals surface area contributed by atoms with Gasteiger partial charge in [0.15, 0.2) is 0 Å². The van der Waals surface area contributed by atoms with E-state index in [1.165, 1.54) is 18.2 Å². The zero-order valence-corrected chi connectivity index (χ0v) is 17.5. The number of rotatable bonds is 7. The van der Waals surface area contributed by atoms with Gasteiger partial charge in [-0.1, -0.05) is 6.92 Å². The largest absolute Gasteiger partial charge is 0.484 e. The predicted molar refractivity (Wildman–Crippen MR) is 111 cm³/mol. The normalized spacial score (nSPS) is 15.5. The number of anilines is 2. The molecule has 11 heteroatoms. The molecule has 1 aliphatic rings. The molecular weight excluding hydrogens is 429 g/mol. The van der Waals surface area contributed by atoms with Crippen molar-refractivity contribution in [3.05, 3.63) is 48.3 Å². The van der Waals surface area contributed by atoms with Crippen molar-refractivity contribution in [3.8, 4) is 5.75 Å². The summed E-state index contributed by atoms with van der Waals surface area (Å²) in [6.45, 7) is 1.82. The molecule has 2 amide bonds. The summed E-state index contributed by atoms with van der Waals surface area (Å²) in [6, 6.07) is 8.62. The number of fused-ring (bicyclic) bond motifs is 1. The van der Waals surface area contributed by atoms with Gasteiger partial charge >= 0.3 is 6.09 Å². The van der Waals surface area contributed by atoms with Crippen LogP contribution in [-0.4, -0.2) is 44.7 Å². The van der Waals surface area contributed by atoms with Gasteiger partial charge in [-0.05, 0) is 48.9 Å². The monoisotopic (exact) mass is 451 g/mol. The third kappa shape index (κ3) is 5.23. The van der Waals surface area contributed by atoms with Crippen LogP contribution >= 0.6 is 0 Å². The van der Waals surface area contributed by atoms with Gasteiger partial charge in [-0.15, -0.1) is 0 Å². The number of halogens is 1. The van der Waals surface area contributed by atoms with E-state index in [-0.39, 0.29) is 41.0 Å². The number of hydrogen-bond donors (Lipinski definition) is 3. The average Bonchev–Trinajstić information content (AvgIpc) is 2.72. The van der Waals surface area contributed by atoms with Crippen LogP contribution in [0.15, 0.2) is 47.4 Å². The lowest BCUT2D eigenvalue weighted by molar-refractivity contribution is -0.121. The first-order chi connectivity index (χ1) is 14.7. The molecule has 0 radical (unpaired) electrons. The summed E-state index contributed by atoms with van der Waals surface area (Å²) in [5.41, 5.74) is 0.288. The Morgan fingerprint density at radius 3 is 2.58 bits per heavy atom. The molecule has 0 saturated carbocycles. The lowest BCUT2D eigenvalue weighted by atomic mass is 10.2. The second-order valence-corrected chi connectivity index (χ2v) is 8.76. The molecule has 0 fully saturated rings. The van der Waals surface area contributed by atoms with Crippen molar-refractivity contribution in [1.82, 2.24) is 5.32 Å². The minimum absolute atomic E-state index is 0.0861. The number of hydrogen-bond acceptors (Lipinski definition) is 5. The van der Waals surface area contributed by atoms with E-state index in [4.69, 9.17) is 9.84 Å². The molecule has 2 aromatic carbocycles. The fourth-order valence-electron chi connectivity index (χ4n) is 3.12. The summed E-state index contributed by atoms with van der Waals surface area (Å²) >= 11 is 0. The lowest BCUT2D eigenvalue weighted by Gasteiger charge is -2.35. The zero-order chi connectivity index (χ0) is 22.6. The predicted octanol–water partition coefficient (Wildman–Crippen LogP) is 2.79. The number of amides is 2. The fourth-order valence-corrected chi connectivity index (χ4v) is 4.62. The van der Waals surface area contributed by atoms with Crippen LogP contribution in [0, 0.1) is 5.82 Å². The Hall–Kier alpha value is -3.34. The van der Waals surface area contributed by atoms with Gasteiger partial charge in [0.2, 0.25) is 5.91 Å². The molecule has 9 nitrogen and oxygen atoms in total. The molecule has 2 aromatic rings. The van der Waals surface area contributed by atoms with E-state index in [2.05, 4.69) is 10.6 Å². The molecule has 0 spiro atoms.